The van der Waals surface area contributed by atoms with E-state index in [0.29, 0.717) is 17.1 Å². The van der Waals surface area contributed by atoms with E-state index in [-0.39, 0.29) is 25.8 Å². The summed E-state index contributed by atoms with van der Waals surface area (Å²) in [5.74, 6) is -3.48. The fourth-order valence-electron chi connectivity index (χ4n) is 2.82. The zero-order valence-electron chi connectivity index (χ0n) is 15.3. The number of rotatable bonds is 9. The molecule has 1 aromatic rings. The van der Waals surface area contributed by atoms with E-state index in [0.717, 1.165) is 0 Å². The first kappa shape index (κ1) is 20.3. The van der Waals surface area contributed by atoms with Crippen LogP contribution in [0.1, 0.15) is 25.3 Å². The first-order chi connectivity index (χ1) is 12.9. The molecule has 1 heterocycles. The van der Waals surface area contributed by atoms with Gasteiger partial charge in [0.05, 0.1) is 26.2 Å². The maximum atomic E-state index is 12.4. The van der Waals surface area contributed by atoms with Crippen LogP contribution in [0.4, 0.5) is 0 Å². The van der Waals surface area contributed by atoms with Crippen molar-refractivity contribution in [3.05, 3.63) is 27.8 Å². The fourth-order valence-corrected chi connectivity index (χ4v) is 2.82. The first-order valence-corrected chi connectivity index (χ1v) is 8.35. The average Bonchev–Trinajstić information content (AvgIpc) is 3.09. The standard InChI is InChI=1S/C17H21NO9/c1-4-24-16(19)14(17(20)25-5-2)11(8-18(21)22)10-6-12(23-3)15-13(7-10)26-9-27-15/h6-7,11,14H,4-5,8-9H2,1-3H3. The van der Waals surface area contributed by atoms with E-state index >= 15 is 0 Å². The number of nitro groups is 1. The monoisotopic (exact) mass is 383 g/mol. The second-order valence-corrected chi connectivity index (χ2v) is 5.56. The normalized spacial score (nSPS) is 13.2. The minimum Gasteiger partial charge on any atom is -0.493 e. The van der Waals surface area contributed by atoms with Gasteiger partial charge in [0.1, 0.15) is 0 Å². The van der Waals surface area contributed by atoms with Crippen LogP contribution in [0.2, 0.25) is 0 Å². The van der Waals surface area contributed by atoms with Crippen LogP contribution in [0.25, 0.3) is 0 Å². The number of ether oxygens (including phenoxy) is 5. The average molecular weight is 383 g/mol. The molecule has 0 spiro atoms. The summed E-state index contributed by atoms with van der Waals surface area (Å²) in [7, 11) is 1.40. The molecule has 1 aliphatic rings. The van der Waals surface area contributed by atoms with Crippen molar-refractivity contribution < 1.29 is 38.2 Å². The highest BCUT2D eigenvalue weighted by atomic mass is 16.7. The Hall–Kier alpha value is -3.04. The zero-order chi connectivity index (χ0) is 20.0. The van der Waals surface area contributed by atoms with Crippen molar-refractivity contribution in [3.63, 3.8) is 0 Å². The Kier molecular flexibility index (Phi) is 6.80. The predicted octanol–water partition coefficient (Wildman–Crippen LogP) is 1.53. The van der Waals surface area contributed by atoms with Crippen molar-refractivity contribution in [2.75, 3.05) is 33.7 Å². The summed E-state index contributed by atoms with van der Waals surface area (Å²) in [4.78, 5) is 35.5. The summed E-state index contributed by atoms with van der Waals surface area (Å²) in [5, 5.41) is 11.3. The summed E-state index contributed by atoms with van der Waals surface area (Å²) in [6.07, 6.45) is 0. The molecule has 1 atom stereocenters. The molecule has 1 aromatic carbocycles. The highest BCUT2D eigenvalue weighted by Crippen LogP contribution is 2.44. The molecule has 0 fully saturated rings. The number of methoxy groups -OCH3 is 1. The number of fused-ring (bicyclic) bond motifs is 1. The Morgan fingerprint density at radius 2 is 1.81 bits per heavy atom. The third kappa shape index (κ3) is 4.57. The van der Waals surface area contributed by atoms with Crippen LogP contribution in [0.15, 0.2) is 12.1 Å². The van der Waals surface area contributed by atoms with Crippen LogP contribution in [0.3, 0.4) is 0 Å². The topological polar surface area (TPSA) is 123 Å². The molecule has 0 saturated heterocycles. The van der Waals surface area contributed by atoms with Crippen LogP contribution < -0.4 is 14.2 Å². The SMILES string of the molecule is CCOC(=O)C(C(=O)OCC)C(C[N+](=O)[O-])c1cc(OC)c2c(c1)OCO2. The van der Waals surface area contributed by atoms with Gasteiger partial charge in [-0.15, -0.1) is 0 Å². The van der Waals surface area contributed by atoms with Crippen molar-refractivity contribution >= 4 is 11.9 Å². The molecule has 0 N–H and O–H groups in total. The lowest BCUT2D eigenvalue weighted by Gasteiger charge is -2.22. The van der Waals surface area contributed by atoms with Crippen LogP contribution in [0, 0.1) is 16.0 Å². The minimum absolute atomic E-state index is 0.0182. The van der Waals surface area contributed by atoms with Gasteiger partial charge >= 0.3 is 11.9 Å². The van der Waals surface area contributed by atoms with Gasteiger partial charge in [-0.05, 0) is 31.5 Å². The molecule has 0 saturated carbocycles. The number of esters is 2. The number of nitrogens with zero attached hydrogens (tertiary/aromatic N) is 1. The Morgan fingerprint density at radius 1 is 1.19 bits per heavy atom. The van der Waals surface area contributed by atoms with E-state index in [9.17, 15) is 19.7 Å². The minimum atomic E-state index is -1.50. The molecule has 0 aliphatic carbocycles. The molecule has 148 valence electrons. The van der Waals surface area contributed by atoms with Crippen LogP contribution in [-0.4, -0.2) is 50.5 Å². The van der Waals surface area contributed by atoms with Gasteiger partial charge in [-0.3, -0.25) is 19.7 Å². The Morgan fingerprint density at radius 3 is 2.33 bits per heavy atom. The molecular formula is C17H21NO9. The number of carbonyl (C=O) groups is 2. The summed E-state index contributed by atoms with van der Waals surface area (Å²) in [6, 6.07) is 2.97. The second kappa shape index (κ2) is 9.06. The molecule has 1 unspecified atom stereocenters. The van der Waals surface area contributed by atoms with E-state index < -0.39 is 35.2 Å². The molecule has 1 aliphatic heterocycles. The van der Waals surface area contributed by atoms with Gasteiger partial charge in [0, 0.05) is 4.92 Å². The molecule has 2 rings (SSSR count). The Bertz CT molecular complexity index is 701. The molecule has 0 radical (unpaired) electrons. The van der Waals surface area contributed by atoms with E-state index in [1.54, 1.807) is 13.8 Å². The van der Waals surface area contributed by atoms with Crippen molar-refractivity contribution in [1.29, 1.82) is 0 Å². The van der Waals surface area contributed by atoms with Gasteiger partial charge in [0.15, 0.2) is 17.4 Å². The maximum absolute atomic E-state index is 12.4. The van der Waals surface area contributed by atoms with Crippen molar-refractivity contribution in [1.82, 2.24) is 0 Å². The van der Waals surface area contributed by atoms with E-state index in [1.165, 1.54) is 19.2 Å². The number of carbonyl (C=O) groups excluding carboxylic acids is 2. The van der Waals surface area contributed by atoms with Crippen molar-refractivity contribution in [2.45, 2.75) is 19.8 Å². The Labute approximate surface area is 155 Å². The number of hydrogen-bond acceptors (Lipinski definition) is 9. The van der Waals surface area contributed by atoms with Crippen molar-refractivity contribution in [3.8, 4) is 17.2 Å². The van der Waals surface area contributed by atoms with Gasteiger partial charge in [0.25, 0.3) is 0 Å². The summed E-state index contributed by atoms with van der Waals surface area (Å²) < 4.78 is 25.8. The number of benzene rings is 1. The first-order valence-electron chi connectivity index (χ1n) is 8.35. The van der Waals surface area contributed by atoms with Crippen LogP contribution in [-0.2, 0) is 19.1 Å². The third-order valence-corrected chi connectivity index (χ3v) is 3.94. The zero-order valence-corrected chi connectivity index (χ0v) is 15.3. The molecule has 0 amide bonds. The lowest BCUT2D eigenvalue weighted by Crippen LogP contribution is -2.36. The van der Waals surface area contributed by atoms with E-state index in [4.69, 9.17) is 23.7 Å². The van der Waals surface area contributed by atoms with Gasteiger partial charge in [0.2, 0.25) is 19.1 Å². The third-order valence-electron chi connectivity index (χ3n) is 3.94. The van der Waals surface area contributed by atoms with Crippen molar-refractivity contribution in [2.24, 2.45) is 5.92 Å². The summed E-state index contributed by atoms with van der Waals surface area (Å²) in [6.45, 7) is 2.46. The fraction of sp³-hybridized carbons (Fsp3) is 0.529. The predicted molar refractivity (Wildman–Crippen MR) is 90.5 cm³/mol. The molecular weight excluding hydrogens is 362 g/mol. The van der Waals surface area contributed by atoms with E-state index in [2.05, 4.69) is 0 Å². The largest absolute Gasteiger partial charge is 0.493 e. The summed E-state index contributed by atoms with van der Waals surface area (Å²) >= 11 is 0. The maximum Gasteiger partial charge on any atom is 0.321 e. The molecule has 10 heteroatoms. The van der Waals surface area contributed by atoms with Gasteiger partial charge < -0.3 is 23.7 Å². The quantitative estimate of drug-likeness (QED) is 0.270. The lowest BCUT2D eigenvalue weighted by atomic mass is 9.85. The van der Waals surface area contributed by atoms with Crippen LogP contribution in [0.5, 0.6) is 17.2 Å². The van der Waals surface area contributed by atoms with Gasteiger partial charge in [-0.25, -0.2) is 0 Å². The van der Waals surface area contributed by atoms with E-state index in [1.807, 2.05) is 0 Å². The van der Waals surface area contributed by atoms with Gasteiger partial charge in [-0.1, -0.05) is 0 Å². The highest BCUT2D eigenvalue weighted by molar-refractivity contribution is 5.96. The highest BCUT2D eigenvalue weighted by Gasteiger charge is 2.42. The molecule has 27 heavy (non-hydrogen) atoms. The number of hydrogen-bond donors (Lipinski definition) is 0. The van der Waals surface area contributed by atoms with Gasteiger partial charge in [-0.2, -0.15) is 0 Å². The molecule has 10 nitrogen and oxygen atoms in total. The smallest absolute Gasteiger partial charge is 0.321 e. The van der Waals surface area contributed by atoms with Crippen LogP contribution >= 0.6 is 0 Å². The second-order valence-electron chi connectivity index (χ2n) is 5.56. The Balaban J connectivity index is 2.53. The lowest BCUT2D eigenvalue weighted by molar-refractivity contribution is -0.484. The molecule has 0 bridgehead atoms. The molecule has 0 aromatic heterocycles. The summed E-state index contributed by atoms with van der Waals surface area (Å²) in [5.41, 5.74) is 0.305.